The molecule has 2 atom stereocenters. The Balaban J connectivity index is 2.67. The van der Waals surface area contributed by atoms with Crippen molar-refractivity contribution >= 4 is 20.2 Å². The summed E-state index contributed by atoms with van der Waals surface area (Å²) < 4.78 is 10.9. The van der Waals surface area contributed by atoms with E-state index in [-0.39, 0.29) is 10.9 Å². The summed E-state index contributed by atoms with van der Waals surface area (Å²) in [7, 11) is -2.02. The third kappa shape index (κ3) is 3.07. The molecule has 1 N–H and O–H groups in total. The van der Waals surface area contributed by atoms with Gasteiger partial charge in [0.15, 0.2) is 14.4 Å². The molecule has 0 bridgehead atoms. The van der Waals surface area contributed by atoms with Gasteiger partial charge in [0.2, 0.25) is 6.23 Å². The lowest BCUT2D eigenvalue weighted by atomic mass is 10.2. The van der Waals surface area contributed by atoms with Crippen LogP contribution in [0.1, 0.15) is 27.7 Å². The molecule has 1 fully saturated rings. The molecular weight excluding hydrogens is 238 g/mol. The largest absolute Gasteiger partial charge is 0.438 e. The molecule has 0 radical (unpaired) electrons. The maximum atomic E-state index is 11.4. The molecule has 98 valence electrons. The zero-order valence-corrected chi connectivity index (χ0v) is 12.3. The Morgan fingerprint density at radius 2 is 1.88 bits per heavy atom. The van der Waals surface area contributed by atoms with Gasteiger partial charge in [-0.1, -0.05) is 20.8 Å². The van der Waals surface area contributed by atoms with Gasteiger partial charge in [-0.25, -0.2) is 0 Å². The van der Waals surface area contributed by atoms with Crippen molar-refractivity contribution < 1.29 is 18.8 Å². The zero-order chi connectivity index (χ0) is 13.4. The summed E-state index contributed by atoms with van der Waals surface area (Å²) in [5.74, 6) is -0.625. The van der Waals surface area contributed by atoms with E-state index in [1.807, 2.05) is 0 Å². The van der Waals surface area contributed by atoms with Crippen LogP contribution in [0.4, 0.5) is 0 Å². The van der Waals surface area contributed by atoms with Crippen molar-refractivity contribution in [2.45, 2.75) is 58.2 Å². The molecule has 6 heteroatoms. The van der Waals surface area contributed by atoms with Crippen molar-refractivity contribution in [1.29, 1.82) is 0 Å². The first-order valence-corrected chi connectivity index (χ1v) is 8.61. The minimum atomic E-state index is -2.02. The monoisotopic (exact) mass is 259 g/mol. The minimum Gasteiger partial charge on any atom is -0.438 e. The van der Waals surface area contributed by atoms with Crippen LogP contribution in [-0.4, -0.2) is 32.5 Å². The molecule has 0 aliphatic carbocycles. The van der Waals surface area contributed by atoms with Crippen molar-refractivity contribution in [3.8, 4) is 0 Å². The van der Waals surface area contributed by atoms with E-state index in [4.69, 9.17) is 9.16 Å². The lowest BCUT2D eigenvalue weighted by Crippen LogP contribution is -2.67. The lowest BCUT2D eigenvalue weighted by molar-refractivity contribution is -0.174. The average molecular weight is 259 g/mol. The van der Waals surface area contributed by atoms with Gasteiger partial charge in [0.05, 0.1) is 0 Å². The van der Waals surface area contributed by atoms with E-state index in [1.165, 1.54) is 6.92 Å². The summed E-state index contributed by atoms with van der Waals surface area (Å²) in [6.07, 6.45) is -1.28. The smallest absolute Gasteiger partial charge is 0.304 e. The second-order valence-corrected chi connectivity index (χ2v) is 10.6. The molecule has 5 nitrogen and oxygen atoms in total. The predicted octanol–water partition coefficient (Wildman–Crippen LogP) is 1.40. The van der Waals surface area contributed by atoms with Gasteiger partial charge in [0.25, 0.3) is 5.91 Å². The SMILES string of the molecule is CC(=O)O[C@H]1NC(=O)[C@@H]1O[Si](C)(C)C(C)(C)C. The van der Waals surface area contributed by atoms with Crippen LogP contribution in [0.25, 0.3) is 0 Å². The standard InChI is InChI=1S/C11H21NO4Si/c1-7(13)15-10-8(9(14)12-10)16-17(5,6)11(2,3)4/h8,10H,1-6H3,(H,12,14)/t8-,10+/m0/s1. The third-order valence-corrected chi connectivity index (χ3v) is 7.79. The second-order valence-electron chi connectivity index (χ2n) is 5.84. The Morgan fingerprint density at radius 3 is 2.24 bits per heavy atom. The van der Waals surface area contributed by atoms with Crippen molar-refractivity contribution in [3.63, 3.8) is 0 Å². The predicted molar refractivity (Wildman–Crippen MR) is 65.8 cm³/mol. The molecule has 0 unspecified atom stereocenters. The highest BCUT2D eigenvalue weighted by Crippen LogP contribution is 2.38. The van der Waals surface area contributed by atoms with Crippen LogP contribution in [0.5, 0.6) is 0 Å². The first-order valence-electron chi connectivity index (χ1n) is 5.70. The Hall–Kier alpha value is -0.883. The minimum absolute atomic E-state index is 0.0175. The van der Waals surface area contributed by atoms with E-state index in [2.05, 4.69) is 39.2 Å². The fraction of sp³-hybridized carbons (Fsp3) is 0.818. The van der Waals surface area contributed by atoms with E-state index in [0.29, 0.717) is 0 Å². The number of hydrogen-bond acceptors (Lipinski definition) is 4. The van der Waals surface area contributed by atoms with Crippen LogP contribution in [0.2, 0.25) is 18.1 Å². The van der Waals surface area contributed by atoms with Gasteiger partial charge < -0.3 is 14.5 Å². The number of carbonyl (C=O) groups excluding carboxylic acids is 2. The van der Waals surface area contributed by atoms with E-state index >= 15 is 0 Å². The summed E-state index contributed by atoms with van der Waals surface area (Å²) >= 11 is 0. The van der Waals surface area contributed by atoms with Crippen molar-refractivity contribution in [2.24, 2.45) is 0 Å². The highest BCUT2D eigenvalue weighted by molar-refractivity contribution is 6.74. The van der Waals surface area contributed by atoms with E-state index in [1.54, 1.807) is 0 Å². The molecule has 0 spiro atoms. The van der Waals surface area contributed by atoms with Gasteiger partial charge in [-0.05, 0) is 18.1 Å². The Bertz CT molecular complexity index is 335. The molecule has 1 amide bonds. The number of rotatable bonds is 3. The molecule has 0 saturated carbocycles. The average Bonchev–Trinajstić information content (AvgIpc) is 2.11. The number of β-lactam (4-membered cyclic amide) rings is 1. The maximum Gasteiger partial charge on any atom is 0.304 e. The maximum absolute atomic E-state index is 11.4. The van der Waals surface area contributed by atoms with Crippen LogP contribution < -0.4 is 5.32 Å². The number of esters is 1. The molecular formula is C11H21NO4Si. The Labute approximate surface area is 103 Å². The number of nitrogens with one attached hydrogen (secondary N) is 1. The van der Waals surface area contributed by atoms with Crippen LogP contribution in [0, 0.1) is 0 Å². The second kappa shape index (κ2) is 4.42. The van der Waals surface area contributed by atoms with Gasteiger partial charge >= 0.3 is 5.97 Å². The molecule has 1 saturated heterocycles. The van der Waals surface area contributed by atoms with E-state index in [9.17, 15) is 9.59 Å². The summed E-state index contributed by atoms with van der Waals surface area (Å²) in [6.45, 7) is 11.7. The highest BCUT2D eigenvalue weighted by atomic mass is 28.4. The summed E-state index contributed by atoms with van der Waals surface area (Å²) in [6, 6.07) is 0. The third-order valence-electron chi connectivity index (χ3n) is 3.34. The summed E-state index contributed by atoms with van der Waals surface area (Å²) in [4.78, 5) is 22.3. The quantitative estimate of drug-likeness (QED) is 0.472. The molecule has 1 heterocycles. The van der Waals surface area contributed by atoms with Crippen LogP contribution in [0.3, 0.4) is 0 Å². The number of amides is 1. The molecule has 1 rings (SSSR count). The van der Waals surface area contributed by atoms with Gasteiger partial charge in [-0.2, -0.15) is 0 Å². The van der Waals surface area contributed by atoms with Crippen molar-refractivity contribution in [1.82, 2.24) is 5.32 Å². The zero-order valence-electron chi connectivity index (χ0n) is 11.3. The Kier molecular flexibility index (Phi) is 3.68. The normalized spacial score (nSPS) is 24.9. The van der Waals surface area contributed by atoms with Gasteiger partial charge in [-0.15, -0.1) is 0 Å². The molecule has 1 aliphatic rings. The van der Waals surface area contributed by atoms with Crippen LogP contribution in [0.15, 0.2) is 0 Å². The molecule has 0 aromatic heterocycles. The van der Waals surface area contributed by atoms with Crippen LogP contribution >= 0.6 is 0 Å². The van der Waals surface area contributed by atoms with Crippen LogP contribution in [-0.2, 0) is 18.8 Å². The topological polar surface area (TPSA) is 64.6 Å². The van der Waals surface area contributed by atoms with Gasteiger partial charge in [-0.3, -0.25) is 9.59 Å². The number of carbonyl (C=O) groups is 2. The van der Waals surface area contributed by atoms with E-state index in [0.717, 1.165) is 0 Å². The summed E-state index contributed by atoms with van der Waals surface area (Å²) in [5.41, 5.74) is 0. The van der Waals surface area contributed by atoms with E-state index < -0.39 is 26.6 Å². The fourth-order valence-corrected chi connectivity index (χ4v) is 2.44. The highest BCUT2D eigenvalue weighted by Gasteiger charge is 2.49. The molecule has 0 aromatic carbocycles. The fourth-order valence-electron chi connectivity index (χ4n) is 1.22. The lowest BCUT2D eigenvalue weighted by Gasteiger charge is -2.44. The summed E-state index contributed by atoms with van der Waals surface area (Å²) in [5, 5.41) is 2.53. The molecule has 0 aromatic rings. The van der Waals surface area contributed by atoms with Crippen molar-refractivity contribution in [3.05, 3.63) is 0 Å². The number of hydrogen-bond donors (Lipinski definition) is 1. The first kappa shape index (κ1) is 14.2. The molecule has 17 heavy (non-hydrogen) atoms. The van der Waals surface area contributed by atoms with Crippen molar-refractivity contribution in [2.75, 3.05) is 0 Å². The van der Waals surface area contributed by atoms with Gasteiger partial charge in [0, 0.05) is 6.92 Å². The number of ether oxygens (including phenoxy) is 1. The Morgan fingerprint density at radius 1 is 1.35 bits per heavy atom. The van der Waals surface area contributed by atoms with Gasteiger partial charge in [0.1, 0.15) is 0 Å². The molecule has 1 aliphatic heterocycles. The first-order chi connectivity index (χ1) is 7.54.